The van der Waals surface area contributed by atoms with E-state index < -0.39 is 5.97 Å². The van der Waals surface area contributed by atoms with E-state index in [1.165, 1.54) is 0 Å². The first-order valence-electron chi connectivity index (χ1n) is 8.09. The van der Waals surface area contributed by atoms with Gasteiger partial charge in [-0.2, -0.15) is 4.80 Å². The van der Waals surface area contributed by atoms with Gasteiger partial charge in [-0.3, -0.25) is 4.79 Å². The van der Waals surface area contributed by atoms with E-state index in [1.807, 2.05) is 0 Å². The van der Waals surface area contributed by atoms with Crippen LogP contribution in [0.15, 0.2) is 24.3 Å². The van der Waals surface area contributed by atoms with Crippen LogP contribution in [0.1, 0.15) is 25.7 Å². The van der Waals surface area contributed by atoms with E-state index in [2.05, 4.69) is 20.7 Å². The number of hydrogen-bond acceptors (Lipinski definition) is 6. The predicted octanol–water partition coefficient (Wildman–Crippen LogP) is 1.60. The monoisotopic (exact) mass is 363 g/mol. The molecule has 1 aliphatic rings. The number of esters is 1. The molecule has 3 rings (SSSR count). The number of amides is 1. The molecule has 0 saturated heterocycles. The van der Waals surface area contributed by atoms with Crippen LogP contribution in [0.2, 0.25) is 5.02 Å². The highest BCUT2D eigenvalue weighted by Gasteiger charge is 2.18. The molecule has 9 heteroatoms. The lowest BCUT2D eigenvalue weighted by atomic mass is 10.2. The van der Waals surface area contributed by atoms with E-state index in [4.69, 9.17) is 16.3 Å². The van der Waals surface area contributed by atoms with Crippen LogP contribution in [0.4, 0.5) is 0 Å². The number of nitrogens with zero attached hydrogens (tertiary/aromatic N) is 4. The molecule has 0 spiro atoms. The Morgan fingerprint density at radius 3 is 2.68 bits per heavy atom. The summed E-state index contributed by atoms with van der Waals surface area (Å²) in [6.07, 6.45) is 4.21. The van der Waals surface area contributed by atoms with Crippen molar-refractivity contribution in [2.24, 2.45) is 0 Å². The van der Waals surface area contributed by atoms with Crippen molar-refractivity contribution in [1.29, 1.82) is 0 Å². The second-order valence-electron chi connectivity index (χ2n) is 5.86. The standard InChI is InChI=1S/C16H18ClN5O3/c17-12-7-5-11(6-8-12)16-19-21-22(20-16)9-15(24)25-10-14(23)18-13-3-1-2-4-13/h5-8,13H,1-4,9-10H2,(H,18,23). The molecule has 1 aliphatic carbocycles. The Kier molecular flexibility index (Phi) is 5.60. The first kappa shape index (κ1) is 17.3. The predicted molar refractivity (Wildman–Crippen MR) is 89.6 cm³/mol. The Labute approximate surface area is 149 Å². The molecule has 0 bridgehead atoms. The number of carbonyl (C=O) groups is 2. The molecule has 132 valence electrons. The summed E-state index contributed by atoms with van der Waals surface area (Å²) in [6, 6.07) is 7.15. The van der Waals surface area contributed by atoms with Gasteiger partial charge >= 0.3 is 5.97 Å². The van der Waals surface area contributed by atoms with Gasteiger partial charge in [0.25, 0.3) is 5.91 Å². The fourth-order valence-electron chi connectivity index (χ4n) is 2.67. The molecule has 1 aromatic carbocycles. The lowest BCUT2D eigenvalue weighted by molar-refractivity contribution is -0.149. The molecule has 1 heterocycles. The molecular formula is C16H18ClN5O3. The topological polar surface area (TPSA) is 99.0 Å². The lowest BCUT2D eigenvalue weighted by Gasteiger charge is -2.11. The Morgan fingerprint density at radius 2 is 1.96 bits per heavy atom. The SMILES string of the molecule is O=C(COC(=O)Cn1nnc(-c2ccc(Cl)cc2)n1)NC1CCCC1. The number of halogens is 1. The summed E-state index contributed by atoms with van der Waals surface area (Å²) in [5.41, 5.74) is 0.736. The van der Waals surface area contributed by atoms with E-state index in [-0.39, 0.29) is 25.1 Å². The first-order valence-corrected chi connectivity index (χ1v) is 8.47. The third kappa shape index (κ3) is 4.99. The molecule has 1 fully saturated rings. The summed E-state index contributed by atoms with van der Waals surface area (Å²) in [4.78, 5) is 24.6. The maximum Gasteiger partial charge on any atom is 0.330 e. The van der Waals surface area contributed by atoms with Crippen molar-refractivity contribution >= 4 is 23.5 Å². The number of aromatic nitrogens is 4. The summed E-state index contributed by atoms with van der Waals surface area (Å²) >= 11 is 5.83. The van der Waals surface area contributed by atoms with Crippen molar-refractivity contribution in [3.8, 4) is 11.4 Å². The van der Waals surface area contributed by atoms with Gasteiger partial charge in [0.05, 0.1) is 0 Å². The zero-order valence-corrected chi connectivity index (χ0v) is 14.3. The summed E-state index contributed by atoms with van der Waals surface area (Å²) in [5.74, 6) is -0.501. The number of carbonyl (C=O) groups excluding carboxylic acids is 2. The van der Waals surface area contributed by atoms with Crippen molar-refractivity contribution < 1.29 is 14.3 Å². The molecule has 1 N–H and O–H groups in total. The van der Waals surface area contributed by atoms with Crippen molar-refractivity contribution in [2.45, 2.75) is 38.3 Å². The Morgan fingerprint density at radius 1 is 1.24 bits per heavy atom. The van der Waals surface area contributed by atoms with E-state index in [9.17, 15) is 9.59 Å². The van der Waals surface area contributed by atoms with Gasteiger partial charge in [-0.1, -0.05) is 24.4 Å². The van der Waals surface area contributed by atoms with E-state index in [1.54, 1.807) is 24.3 Å². The second kappa shape index (κ2) is 8.06. The summed E-state index contributed by atoms with van der Waals surface area (Å²) in [7, 11) is 0. The van der Waals surface area contributed by atoms with Gasteiger partial charge in [-0.25, -0.2) is 4.79 Å². The van der Waals surface area contributed by atoms with Gasteiger partial charge in [0.1, 0.15) is 0 Å². The van der Waals surface area contributed by atoms with Gasteiger partial charge in [-0.15, -0.1) is 10.2 Å². The lowest BCUT2D eigenvalue weighted by Crippen LogP contribution is -2.36. The number of ether oxygens (including phenoxy) is 1. The molecule has 1 amide bonds. The van der Waals surface area contributed by atoms with Gasteiger partial charge in [0, 0.05) is 16.6 Å². The number of tetrazole rings is 1. The summed E-state index contributed by atoms with van der Waals surface area (Å²) < 4.78 is 4.95. The number of benzene rings is 1. The maximum absolute atomic E-state index is 11.8. The van der Waals surface area contributed by atoms with Gasteiger partial charge < -0.3 is 10.1 Å². The summed E-state index contributed by atoms with van der Waals surface area (Å²) in [5, 5.41) is 15.3. The van der Waals surface area contributed by atoms with E-state index in [0.29, 0.717) is 10.8 Å². The molecule has 0 unspecified atom stereocenters. The fourth-order valence-corrected chi connectivity index (χ4v) is 2.80. The minimum Gasteiger partial charge on any atom is -0.454 e. The Bertz CT molecular complexity index is 740. The van der Waals surface area contributed by atoms with Gasteiger partial charge in [0.2, 0.25) is 5.82 Å². The van der Waals surface area contributed by atoms with Crippen molar-refractivity contribution in [3.63, 3.8) is 0 Å². The minimum atomic E-state index is -0.596. The molecule has 1 saturated carbocycles. The highest BCUT2D eigenvalue weighted by molar-refractivity contribution is 6.30. The average molecular weight is 364 g/mol. The molecule has 0 atom stereocenters. The summed E-state index contributed by atoms with van der Waals surface area (Å²) in [6.45, 7) is -0.509. The third-order valence-electron chi connectivity index (χ3n) is 3.91. The normalized spacial score (nSPS) is 14.4. The Hall–Kier alpha value is -2.48. The van der Waals surface area contributed by atoms with Gasteiger partial charge in [-0.05, 0) is 42.3 Å². The quantitative estimate of drug-likeness (QED) is 0.782. The maximum atomic E-state index is 11.8. The van der Waals surface area contributed by atoms with Gasteiger partial charge in [0.15, 0.2) is 13.2 Å². The molecule has 8 nitrogen and oxygen atoms in total. The van der Waals surface area contributed by atoms with Crippen LogP contribution in [0.3, 0.4) is 0 Å². The molecule has 1 aromatic heterocycles. The van der Waals surface area contributed by atoms with Crippen LogP contribution in [0.5, 0.6) is 0 Å². The average Bonchev–Trinajstić information content (AvgIpc) is 3.26. The van der Waals surface area contributed by atoms with Crippen LogP contribution < -0.4 is 5.32 Å². The minimum absolute atomic E-state index is 0.199. The fraction of sp³-hybridized carbons (Fsp3) is 0.438. The van der Waals surface area contributed by atoms with Crippen LogP contribution in [-0.4, -0.2) is 44.7 Å². The highest BCUT2D eigenvalue weighted by Crippen LogP contribution is 2.18. The number of nitrogens with one attached hydrogen (secondary N) is 1. The largest absolute Gasteiger partial charge is 0.454 e. The zero-order chi connectivity index (χ0) is 17.6. The third-order valence-corrected chi connectivity index (χ3v) is 4.16. The van der Waals surface area contributed by atoms with E-state index >= 15 is 0 Å². The van der Waals surface area contributed by atoms with Crippen LogP contribution in [-0.2, 0) is 20.9 Å². The van der Waals surface area contributed by atoms with Crippen molar-refractivity contribution in [2.75, 3.05) is 6.61 Å². The Balaban J connectivity index is 1.46. The smallest absolute Gasteiger partial charge is 0.330 e. The molecule has 2 aromatic rings. The number of hydrogen-bond donors (Lipinski definition) is 1. The molecular weight excluding hydrogens is 346 g/mol. The van der Waals surface area contributed by atoms with Crippen LogP contribution >= 0.6 is 11.6 Å². The van der Waals surface area contributed by atoms with Crippen LogP contribution in [0.25, 0.3) is 11.4 Å². The molecule has 0 radical (unpaired) electrons. The van der Waals surface area contributed by atoms with E-state index in [0.717, 1.165) is 36.0 Å². The van der Waals surface area contributed by atoms with Crippen LogP contribution in [0, 0.1) is 0 Å². The molecule has 0 aliphatic heterocycles. The van der Waals surface area contributed by atoms with Crippen molar-refractivity contribution in [1.82, 2.24) is 25.5 Å². The number of rotatable bonds is 6. The van der Waals surface area contributed by atoms with Crippen molar-refractivity contribution in [3.05, 3.63) is 29.3 Å². The highest BCUT2D eigenvalue weighted by atomic mass is 35.5. The molecule has 25 heavy (non-hydrogen) atoms. The second-order valence-corrected chi connectivity index (χ2v) is 6.30. The zero-order valence-electron chi connectivity index (χ0n) is 13.5. The first-order chi connectivity index (χ1) is 12.1.